The molecule has 1 amide bonds. The second kappa shape index (κ2) is 7.31. The van der Waals surface area contributed by atoms with Gasteiger partial charge in [0.05, 0.1) is 10.6 Å². The van der Waals surface area contributed by atoms with E-state index in [9.17, 15) is 9.18 Å². The number of benzene rings is 1. The van der Waals surface area contributed by atoms with Gasteiger partial charge in [-0.3, -0.25) is 4.79 Å². The Morgan fingerprint density at radius 2 is 2.16 bits per heavy atom. The standard InChI is InChI=1S/C18H17FN4OS/c1-11-7-16(25-10-11)18(24)23-13-4-5-14(19)12(8-13)9-22-15-3-2-6-21-17(15)20/h2-8,10,22H,9H2,1H3,(H2,20,21)(H,23,24). The van der Waals surface area contributed by atoms with Crippen molar-refractivity contribution in [2.75, 3.05) is 16.4 Å². The zero-order valence-corrected chi connectivity index (χ0v) is 14.4. The van der Waals surface area contributed by atoms with Gasteiger partial charge in [0.2, 0.25) is 0 Å². The Balaban J connectivity index is 1.72. The third-order valence-electron chi connectivity index (χ3n) is 3.57. The first-order valence-corrected chi connectivity index (χ1v) is 8.50. The highest BCUT2D eigenvalue weighted by atomic mass is 32.1. The number of halogens is 1. The zero-order valence-electron chi connectivity index (χ0n) is 13.5. The maximum atomic E-state index is 14.0. The molecule has 0 saturated heterocycles. The molecule has 0 unspecified atom stereocenters. The number of thiophene rings is 1. The summed E-state index contributed by atoms with van der Waals surface area (Å²) in [5.74, 6) is -0.222. The lowest BCUT2D eigenvalue weighted by Crippen LogP contribution is -2.11. The van der Waals surface area contributed by atoms with E-state index in [-0.39, 0.29) is 18.3 Å². The lowest BCUT2D eigenvalue weighted by atomic mass is 10.1. The molecule has 25 heavy (non-hydrogen) atoms. The van der Waals surface area contributed by atoms with Crippen LogP contribution >= 0.6 is 11.3 Å². The van der Waals surface area contributed by atoms with Crippen molar-refractivity contribution in [3.8, 4) is 0 Å². The van der Waals surface area contributed by atoms with Crippen molar-refractivity contribution in [3.05, 3.63) is 69.8 Å². The van der Waals surface area contributed by atoms with Crippen LogP contribution in [0.1, 0.15) is 20.8 Å². The van der Waals surface area contributed by atoms with Crippen LogP contribution in [0.3, 0.4) is 0 Å². The summed E-state index contributed by atoms with van der Waals surface area (Å²) in [6.45, 7) is 2.16. The van der Waals surface area contributed by atoms with Gasteiger partial charge < -0.3 is 16.4 Å². The van der Waals surface area contributed by atoms with Crippen molar-refractivity contribution in [2.45, 2.75) is 13.5 Å². The summed E-state index contributed by atoms with van der Waals surface area (Å²) < 4.78 is 14.0. The summed E-state index contributed by atoms with van der Waals surface area (Å²) in [7, 11) is 0. The number of nitrogens with two attached hydrogens (primary N) is 1. The van der Waals surface area contributed by atoms with Crippen molar-refractivity contribution in [3.63, 3.8) is 0 Å². The topological polar surface area (TPSA) is 80.0 Å². The molecule has 0 spiro atoms. The van der Waals surface area contributed by atoms with Crippen LogP contribution in [0, 0.1) is 12.7 Å². The fourth-order valence-electron chi connectivity index (χ4n) is 2.29. The smallest absolute Gasteiger partial charge is 0.265 e. The molecular formula is C18H17FN4OS. The van der Waals surface area contributed by atoms with Crippen LogP contribution in [0.25, 0.3) is 0 Å². The van der Waals surface area contributed by atoms with E-state index >= 15 is 0 Å². The minimum absolute atomic E-state index is 0.208. The molecule has 2 aromatic heterocycles. The van der Waals surface area contributed by atoms with E-state index in [2.05, 4.69) is 15.6 Å². The lowest BCUT2D eigenvalue weighted by molar-refractivity contribution is 0.103. The Labute approximate surface area is 148 Å². The number of rotatable bonds is 5. The molecule has 3 rings (SSSR count). The Morgan fingerprint density at radius 3 is 2.88 bits per heavy atom. The molecule has 0 radical (unpaired) electrons. The van der Waals surface area contributed by atoms with Crippen LogP contribution in [0.4, 0.5) is 21.6 Å². The number of carbonyl (C=O) groups excluding carboxylic acids is 1. The minimum atomic E-state index is -0.361. The third kappa shape index (κ3) is 4.13. The van der Waals surface area contributed by atoms with E-state index in [1.807, 2.05) is 18.4 Å². The normalized spacial score (nSPS) is 10.5. The van der Waals surface area contributed by atoms with E-state index in [4.69, 9.17) is 5.73 Å². The van der Waals surface area contributed by atoms with Crippen molar-refractivity contribution >= 4 is 34.4 Å². The maximum absolute atomic E-state index is 14.0. The fourth-order valence-corrected chi connectivity index (χ4v) is 3.08. The van der Waals surface area contributed by atoms with Gasteiger partial charge in [0.15, 0.2) is 0 Å². The van der Waals surface area contributed by atoms with Crippen LogP contribution < -0.4 is 16.4 Å². The van der Waals surface area contributed by atoms with Gasteiger partial charge in [-0.15, -0.1) is 11.3 Å². The number of carbonyl (C=O) groups is 1. The first-order chi connectivity index (χ1) is 12.0. The van der Waals surface area contributed by atoms with Gasteiger partial charge in [-0.05, 0) is 54.3 Å². The molecule has 2 heterocycles. The van der Waals surface area contributed by atoms with Gasteiger partial charge >= 0.3 is 0 Å². The van der Waals surface area contributed by atoms with Crippen LogP contribution in [-0.4, -0.2) is 10.9 Å². The average molecular weight is 356 g/mol. The molecule has 7 heteroatoms. The summed E-state index contributed by atoms with van der Waals surface area (Å²) >= 11 is 1.37. The number of pyridine rings is 1. The maximum Gasteiger partial charge on any atom is 0.265 e. The van der Waals surface area contributed by atoms with E-state index < -0.39 is 0 Å². The number of hydrogen-bond acceptors (Lipinski definition) is 5. The molecular weight excluding hydrogens is 339 g/mol. The quantitative estimate of drug-likeness (QED) is 0.645. The molecule has 1 aromatic carbocycles. The number of nitrogen functional groups attached to an aromatic ring is 1. The van der Waals surface area contributed by atoms with Crippen LogP contribution in [0.2, 0.25) is 0 Å². The fraction of sp³-hybridized carbons (Fsp3) is 0.111. The highest BCUT2D eigenvalue weighted by Crippen LogP contribution is 2.21. The van der Waals surface area contributed by atoms with Crippen LogP contribution in [0.15, 0.2) is 48.0 Å². The van der Waals surface area contributed by atoms with Gasteiger partial charge in [0.25, 0.3) is 5.91 Å². The zero-order chi connectivity index (χ0) is 17.8. The summed E-state index contributed by atoms with van der Waals surface area (Å²) in [6.07, 6.45) is 1.59. The lowest BCUT2D eigenvalue weighted by Gasteiger charge is -2.11. The second-order valence-corrected chi connectivity index (χ2v) is 6.45. The van der Waals surface area contributed by atoms with Crippen LogP contribution in [0.5, 0.6) is 0 Å². The summed E-state index contributed by atoms with van der Waals surface area (Å²) in [5, 5.41) is 7.75. The van der Waals surface area contributed by atoms with Gasteiger partial charge in [0.1, 0.15) is 11.6 Å². The van der Waals surface area contributed by atoms with E-state index in [1.165, 1.54) is 23.5 Å². The Bertz CT molecular complexity index is 910. The summed E-state index contributed by atoms with van der Waals surface area (Å²) in [4.78, 5) is 16.8. The third-order valence-corrected chi connectivity index (χ3v) is 4.61. The number of anilines is 3. The van der Waals surface area contributed by atoms with Crippen molar-refractivity contribution in [2.24, 2.45) is 0 Å². The van der Waals surface area contributed by atoms with Gasteiger partial charge in [0, 0.05) is 24.0 Å². The molecule has 128 valence electrons. The highest BCUT2D eigenvalue weighted by Gasteiger charge is 2.10. The molecule has 0 atom stereocenters. The first-order valence-electron chi connectivity index (χ1n) is 7.62. The summed E-state index contributed by atoms with van der Waals surface area (Å²) in [6, 6.07) is 9.80. The number of hydrogen-bond donors (Lipinski definition) is 3. The van der Waals surface area contributed by atoms with Crippen LogP contribution in [-0.2, 0) is 6.54 Å². The first kappa shape index (κ1) is 16.9. The molecule has 3 aromatic rings. The largest absolute Gasteiger partial charge is 0.382 e. The number of aromatic nitrogens is 1. The molecule has 0 aliphatic heterocycles. The molecule has 0 aliphatic rings. The van der Waals surface area contributed by atoms with Gasteiger partial charge in [-0.2, -0.15) is 0 Å². The highest BCUT2D eigenvalue weighted by molar-refractivity contribution is 7.12. The predicted octanol–water partition coefficient (Wildman–Crippen LogP) is 4.04. The molecule has 0 bridgehead atoms. The molecule has 0 saturated carbocycles. The molecule has 0 aliphatic carbocycles. The van der Waals surface area contributed by atoms with E-state index in [1.54, 1.807) is 24.4 Å². The van der Waals surface area contributed by atoms with E-state index in [0.717, 1.165) is 5.56 Å². The van der Waals surface area contributed by atoms with Gasteiger partial charge in [-0.1, -0.05) is 0 Å². The van der Waals surface area contributed by atoms with Crippen molar-refractivity contribution in [1.29, 1.82) is 0 Å². The molecule has 4 N–H and O–H groups in total. The number of nitrogens with zero attached hydrogens (tertiary/aromatic N) is 1. The van der Waals surface area contributed by atoms with Crippen molar-refractivity contribution in [1.82, 2.24) is 4.98 Å². The van der Waals surface area contributed by atoms with Gasteiger partial charge in [-0.25, -0.2) is 9.37 Å². The van der Waals surface area contributed by atoms with Crippen molar-refractivity contribution < 1.29 is 9.18 Å². The second-order valence-electron chi connectivity index (χ2n) is 5.54. The average Bonchev–Trinajstić information content (AvgIpc) is 3.03. The van der Waals surface area contributed by atoms with E-state index in [0.29, 0.717) is 27.6 Å². The number of amides is 1. The Hall–Kier alpha value is -2.93. The minimum Gasteiger partial charge on any atom is -0.382 e. The predicted molar refractivity (Wildman–Crippen MR) is 99.4 cm³/mol. The summed E-state index contributed by atoms with van der Waals surface area (Å²) in [5.41, 5.74) is 8.38. The molecule has 0 fully saturated rings. The molecule has 5 nitrogen and oxygen atoms in total. The Morgan fingerprint density at radius 1 is 1.32 bits per heavy atom. The number of aryl methyl sites for hydroxylation is 1. The monoisotopic (exact) mass is 356 g/mol. The number of nitrogens with one attached hydrogen (secondary N) is 2. The Kier molecular flexibility index (Phi) is 4.95. The SMILES string of the molecule is Cc1csc(C(=O)Nc2ccc(F)c(CNc3cccnc3N)c2)c1.